The lowest BCUT2D eigenvalue weighted by molar-refractivity contribution is -0.120. The van der Waals surface area contributed by atoms with Crippen molar-refractivity contribution >= 4 is 29.0 Å². The summed E-state index contributed by atoms with van der Waals surface area (Å²) in [6.07, 6.45) is 0.351. The zero-order chi connectivity index (χ0) is 19.1. The van der Waals surface area contributed by atoms with Crippen LogP contribution in [0.2, 0.25) is 0 Å². The van der Waals surface area contributed by atoms with Crippen molar-refractivity contribution < 1.29 is 9.53 Å². The van der Waals surface area contributed by atoms with Crippen LogP contribution in [0.1, 0.15) is 22.4 Å². The van der Waals surface area contributed by atoms with Crippen LogP contribution in [-0.2, 0) is 21.7 Å². The van der Waals surface area contributed by atoms with Crippen molar-refractivity contribution in [3.63, 3.8) is 0 Å². The molecule has 0 saturated carbocycles. The van der Waals surface area contributed by atoms with Crippen LogP contribution in [0.5, 0.6) is 0 Å². The third kappa shape index (κ3) is 6.60. The summed E-state index contributed by atoms with van der Waals surface area (Å²) in [6.45, 7) is 9.29. The molecular formula is C20H27N3O2S2. The Morgan fingerprint density at radius 1 is 1.33 bits per heavy atom. The zero-order valence-electron chi connectivity index (χ0n) is 16.0. The quantitative estimate of drug-likeness (QED) is 0.684. The van der Waals surface area contributed by atoms with E-state index in [0.717, 1.165) is 48.6 Å². The fourth-order valence-electron chi connectivity index (χ4n) is 2.94. The Morgan fingerprint density at radius 3 is 2.96 bits per heavy atom. The Hall–Kier alpha value is -1.41. The van der Waals surface area contributed by atoms with Crippen molar-refractivity contribution in [2.75, 3.05) is 39.4 Å². The first-order valence-electron chi connectivity index (χ1n) is 9.30. The smallest absolute Gasteiger partial charge is 0.226 e. The van der Waals surface area contributed by atoms with Gasteiger partial charge in [-0.3, -0.25) is 9.69 Å². The van der Waals surface area contributed by atoms with Gasteiger partial charge in [0.25, 0.3) is 0 Å². The molecule has 27 heavy (non-hydrogen) atoms. The van der Waals surface area contributed by atoms with Gasteiger partial charge in [-0.2, -0.15) is 0 Å². The Labute approximate surface area is 169 Å². The third-order valence-corrected chi connectivity index (χ3v) is 6.70. The Bertz CT molecular complexity index is 757. The Balaban J connectivity index is 1.40. The highest BCUT2D eigenvalue weighted by atomic mass is 32.2. The average Bonchev–Trinajstić information content (AvgIpc) is 3.10. The SMILES string of the molecule is Cc1ccc(C)c(CSc2nc(CC(=O)NCCN3CCOCC3)cs2)c1. The molecule has 7 heteroatoms. The summed E-state index contributed by atoms with van der Waals surface area (Å²) in [4.78, 5) is 19.1. The Morgan fingerprint density at radius 2 is 2.15 bits per heavy atom. The molecule has 1 fully saturated rings. The van der Waals surface area contributed by atoms with Crippen molar-refractivity contribution in [1.82, 2.24) is 15.2 Å². The number of ether oxygens (including phenoxy) is 1. The van der Waals surface area contributed by atoms with E-state index >= 15 is 0 Å². The number of hydrogen-bond donors (Lipinski definition) is 1. The fourth-order valence-corrected chi connectivity index (χ4v) is 4.84. The number of aryl methyl sites for hydroxylation is 2. The van der Waals surface area contributed by atoms with Gasteiger partial charge in [0.05, 0.1) is 25.3 Å². The second-order valence-electron chi connectivity index (χ2n) is 6.80. The van der Waals surface area contributed by atoms with Crippen molar-refractivity contribution in [2.45, 2.75) is 30.4 Å². The molecule has 1 aliphatic rings. The topological polar surface area (TPSA) is 54.5 Å². The average molecular weight is 406 g/mol. The second-order valence-corrected chi connectivity index (χ2v) is 8.88. The number of morpholine rings is 1. The minimum Gasteiger partial charge on any atom is -0.379 e. The van der Waals surface area contributed by atoms with Gasteiger partial charge >= 0.3 is 0 Å². The van der Waals surface area contributed by atoms with E-state index < -0.39 is 0 Å². The van der Waals surface area contributed by atoms with E-state index in [0.29, 0.717) is 13.0 Å². The largest absolute Gasteiger partial charge is 0.379 e. The molecule has 0 aliphatic carbocycles. The van der Waals surface area contributed by atoms with Gasteiger partial charge in [-0.25, -0.2) is 4.98 Å². The molecule has 1 aromatic carbocycles. The summed E-state index contributed by atoms with van der Waals surface area (Å²) in [6, 6.07) is 6.54. The standard InChI is InChI=1S/C20H27N3O2S2/c1-15-3-4-16(2)17(11-15)13-26-20-22-18(14-27-20)12-19(24)21-5-6-23-7-9-25-10-8-23/h3-4,11,14H,5-10,12-13H2,1-2H3,(H,21,24). The number of thiazole rings is 1. The van der Waals surface area contributed by atoms with Crippen LogP contribution >= 0.6 is 23.1 Å². The summed E-state index contributed by atoms with van der Waals surface area (Å²) in [5.74, 6) is 0.950. The number of nitrogens with one attached hydrogen (secondary N) is 1. The lowest BCUT2D eigenvalue weighted by atomic mass is 10.1. The van der Waals surface area contributed by atoms with Crippen molar-refractivity contribution in [3.05, 3.63) is 46.0 Å². The maximum atomic E-state index is 12.1. The molecule has 1 amide bonds. The minimum absolute atomic E-state index is 0.0413. The first kappa shape index (κ1) is 20.3. The molecule has 0 spiro atoms. The van der Waals surface area contributed by atoms with Gasteiger partial charge in [-0.15, -0.1) is 11.3 Å². The van der Waals surface area contributed by atoms with Crippen molar-refractivity contribution in [2.24, 2.45) is 0 Å². The summed E-state index contributed by atoms with van der Waals surface area (Å²) in [7, 11) is 0. The van der Waals surface area contributed by atoms with E-state index in [-0.39, 0.29) is 5.91 Å². The van der Waals surface area contributed by atoms with Gasteiger partial charge in [0.2, 0.25) is 5.91 Å². The van der Waals surface area contributed by atoms with Crippen LogP contribution in [0, 0.1) is 13.8 Å². The second kappa shape index (κ2) is 10.2. The van der Waals surface area contributed by atoms with E-state index in [1.807, 2.05) is 5.38 Å². The number of hydrogen-bond acceptors (Lipinski definition) is 6. The number of benzene rings is 1. The van der Waals surface area contributed by atoms with Crippen molar-refractivity contribution in [3.8, 4) is 0 Å². The van der Waals surface area contributed by atoms with Crippen LogP contribution in [0.3, 0.4) is 0 Å². The maximum absolute atomic E-state index is 12.1. The van der Waals surface area contributed by atoms with Gasteiger partial charge in [0.1, 0.15) is 4.34 Å². The van der Waals surface area contributed by atoms with Gasteiger partial charge < -0.3 is 10.1 Å². The first-order chi connectivity index (χ1) is 13.1. The number of amides is 1. The molecule has 5 nitrogen and oxygen atoms in total. The van der Waals surface area contributed by atoms with E-state index in [4.69, 9.17) is 4.74 Å². The molecular weight excluding hydrogens is 378 g/mol. The van der Waals surface area contributed by atoms with Crippen LogP contribution in [0.15, 0.2) is 27.9 Å². The first-order valence-corrected chi connectivity index (χ1v) is 11.2. The number of thioether (sulfide) groups is 1. The van der Waals surface area contributed by atoms with E-state index in [1.165, 1.54) is 16.7 Å². The fraction of sp³-hybridized carbons (Fsp3) is 0.500. The predicted molar refractivity (Wildman–Crippen MR) is 112 cm³/mol. The normalized spacial score (nSPS) is 15.0. The van der Waals surface area contributed by atoms with Gasteiger partial charge in [0.15, 0.2) is 0 Å². The molecule has 0 bridgehead atoms. The van der Waals surface area contributed by atoms with E-state index in [9.17, 15) is 4.79 Å². The molecule has 1 aromatic heterocycles. The van der Waals surface area contributed by atoms with Crippen LogP contribution < -0.4 is 5.32 Å². The van der Waals surface area contributed by atoms with Gasteiger partial charge in [-0.1, -0.05) is 35.5 Å². The van der Waals surface area contributed by atoms with E-state index in [1.54, 1.807) is 23.1 Å². The highest BCUT2D eigenvalue weighted by molar-refractivity contribution is 8.00. The molecule has 0 radical (unpaired) electrons. The predicted octanol–water partition coefficient (Wildman–Crippen LogP) is 3.04. The molecule has 2 aromatic rings. The minimum atomic E-state index is 0.0413. The molecule has 1 N–H and O–H groups in total. The summed E-state index contributed by atoms with van der Waals surface area (Å²) in [5, 5.41) is 4.99. The van der Waals surface area contributed by atoms with Gasteiger partial charge in [0, 0.05) is 37.3 Å². The number of nitrogens with zero attached hydrogens (tertiary/aromatic N) is 2. The number of aromatic nitrogens is 1. The lowest BCUT2D eigenvalue weighted by Gasteiger charge is -2.26. The molecule has 3 rings (SSSR count). The summed E-state index contributed by atoms with van der Waals surface area (Å²) in [5.41, 5.74) is 4.79. The molecule has 146 valence electrons. The summed E-state index contributed by atoms with van der Waals surface area (Å²) < 4.78 is 6.35. The Kier molecular flexibility index (Phi) is 7.70. The van der Waals surface area contributed by atoms with Crippen LogP contribution in [-0.4, -0.2) is 55.2 Å². The maximum Gasteiger partial charge on any atom is 0.226 e. The number of carbonyl (C=O) groups excluding carboxylic acids is 1. The van der Waals surface area contributed by atoms with Crippen molar-refractivity contribution in [1.29, 1.82) is 0 Å². The third-order valence-electron chi connectivity index (χ3n) is 4.58. The number of rotatable bonds is 8. The molecule has 0 atom stereocenters. The molecule has 1 saturated heterocycles. The summed E-state index contributed by atoms with van der Waals surface area (Å²) >= 11 is 3.36. The zero-order valence-corrected chi connectivity index (χ0v) is 17.6. The lowest BCUT2D eigenvalue weighted by Crippen LogP contribution is -2.41. The van der Waals surface area contributed by atoms with Gasteiger partial charge in [-0.05, 0) is 25.0 Å². The van der Waals surface area contributed by atoms with Crippen LogP contribution in [0.4, 0.5) is 0 Å². The van der Waals surface area contributed by atoms with E-state index in [2.05, 4.69) is 47.2 Å². The highest BCUT2D eigenvalue weighted by Crippen LogP contribution is 2.27. The number of carbonyl (C=O) groups is 1. The highest BCUT2D eigenvalue weighted by Gasteiger charge is 2.12. The monoisotopic (exact) mass is 405 g/mol. The molecule has 1 aliphatic heterocycles. The molecule has 0 unspecified atom stereocenters. The molecule has 2 heterocycles. The van der Waals surface area contributed by atoms with Crippen LogP contribution in [0.25, 0.3) is 0 Å².